The van der Waals surface area contributed by atoms with Gasteiger partial charge in [-0.15, -0.1) is 0 Å². The van der Waals surface area contributed by atoms with Gasteiger partial charge < -0.3 is 24.8 Å². The lowest BCUT2D eigenvalue weighted by Gasteiger charge is -2.13. The van der Waals surface area contributed by atoms with Crippen LogP contribution in [0.25, 0.3) is 0 Å². The maximum Gasteiger partial charge on any atom is 0.191 e. The number of hydrogen-bond acceptors (Lipinski definition) is 4. The lowest BCUT2D eigenvalue weighted by Crippen LogP contribution is -2.39. The van der Waals surface area contributed by atoms with Crippen molar-refractivity contribution in [3.63, 3.8) is 0 Å². The highest BCUT2D eigenvalue weighted by Gasteiger charge is 2.05. The summed E-state index contributed by atoms with van der Waals surface area (Å²) in [6, 6.07) is 16.1. The Hall–Kier alpha value is -2.73. The van der Waals surface area contributed by atoms with E-state index < -0.39 is 0 Å². The van der Waals surface area contributed by atoms with Crippen LogP contribution in [0.3, 0.4) is 0 Å². The van der Waals surface area contributed by atoms with E-state index in [-0.39, 0.29) is 0 Å². The van der Waals surface area contributed by atoms with Crippen molar-refractivity contribution in [2.45, 2.75) is 13.0 Å². The Morgan fingerprint density at radius 2 is 1.63 bits per heavy atom. The van der Waals surface area contributed by atoms with E-state index in [9.17, 15) is 0 Å². The van der Waals surface area contributed by atoms with E-state index in [1.807, 2.05) is 36.4 Å². The van der Waals surface area contributed by atoms with Gasteiger partial charge in [-0.3, -0.25) is 4.99 Å². The van der Waals surface area contributed by atoms with Crippen LogP contribution in [0.5, 0.6) is 11.5 Å². The Morgan fingerprint density at radius 3 is 2.33 bits per heavy atom. The second kappa shape index (κ2) is 11.8. The quantitative estimate of drug-likeness (QED) is 0.382. The minimum atomic E-state index is 0.616. The monoisotopic (exact) mass is 371 g/mol. The molecule has 0 heterocycles. The van der Waals surface area contributed by atoms with Crippen molar-refractivity contribution >= 4 is 5.96 Å². The molecule has 146 valence electrons. The molecule has 2 aromatic carbocycles. The Morgan fingerprint density at radius 1 is 0.889 bits per heavy atom. The van der Waals surface area contributed by atoms with Crippen LogP contribution in [0.2, 0.25) is 0 Å². The maximum absolute atomic E-state index is 5.66. The number of benzene rings is 2. The van der Waals surface area contributed by atoms with Gasteiger partial charge >= 0.3 is 0 Å². The van der Waals surface area contributed by atoms with Crippen molar-refractivity contribution in [3.05, 3.63) is 59.7 Å². The topological polar surface area (TPSA) is 64.1 Å². The van der Waals surface area contributed by atoms with E-state index in [1.165, 1.54) is 11.1 Å². The fraction of sp³-hybridized carbons (Fsp3) is 0.381. The molecule has 6 nitrogen and oxygen atoms in total. The van der Waals surface area contributed by atoms with Crippen molar-refractivity contribution in [1.29, 1.82) is 0 Å². The normalized spacial score (nSPS) is 11.1. The molecule has 2 aromatic rings. The lowest BCUT2D eigenvalue weighted by molar-refractivity contribution is 0.125. The van der Waals surface area contributed by atoms with Gasteiger partial charge in [-0.1, -0.05) is 36.4 Å². The van der Waals surface area contributed by atoms with E-state index in [2.05, 4.69) is 27.8 Å². The zero-order valence-electron chi connectivity index (χ0n) is 16.3. The molecule has 0 amide bonds. The first kappa shape index (κ1) is 20.6. The summed E-state index contributed by atoms with van der Waals surface area (Å²) in [5, 5.41) is 6.56. The van der Waals surface area contributed by atoms with Gasteiger partial charge in [0.15, 0.2) is 17.5 Å². The van der Waals surface area contributed by atoms with Crippen molar-refractivity contribution in [3.8, 4) is 11.5 Å². The summed E-state index contributed by atoms with van der Waals surface area (Å²) < 4.78 is 16.3. The highest BCUT2D eigenvalue weighted by molar-refractivity contribution is 5.79. The predicted octanol–water partition coefficient (Wildman–Crippen LogP) is 2.63. The summed E-state index contributed by atoms with van der Waals surface area (Å²) in [6.07, 6.45) is 0.853. The fourth-order valence-corrected chi connectivity index (χ4v) is 2.59. The summed E-state index contributed by atoms with van der Waals surface area (Å²) >= 11 is 0. The third kappa shape index (κ3) is 7.19. The molecule has 0 saturated carbocycles. The molecule has 0 aliphatic carbocycles. The zero-order valence-corrected chi connectivity index (χ0v) is 16.3. The molecule has 0 saturated heterocycles. The molecule has 0 aliphatic rings. The number of hydrogen-bond donors (Lipinski definition) is 2. The molecule has 27 heavy (non-hydrogen) atoms. The maximum atomic E-state index is 5.66. The first-order chi connectivity index (χ1) is 13.3. The van der Waals surface area contributed by atoms with Gasteiger partial charge in [-0.2, -0.15) is 0 Å². The van der Waals surface area contributed by atoms with E-state index in [0.29, 0.717) is 19.8 Å². The van der Waals surface area contributed by atoms with Gasteiger partial charge in [-0.05, 0) is 29.7 Å². The number of guanidine groups is 1. The molecule has 0 spiro atoms. The molecule has 0 unspecified atom stereocenters. The Labute approximate surface area is 161 Å². The smallest absolute Gasteiger partial charge is 0.191 e. The van der Waals surface area contributed by atoms with Crippen LogP contribution in [0, 0.1) is 0 Å². The second-order valence-electron chi connectivity index (χ2n) is 5.90. The summed E-state index contributed by atoms with van der Waals surface area (Å²) in [5.74, 6) is 2.24. The van der Waals surface area contributed by atoms with E-state index in [1.54, 1.807) is 21.3 Å². The standard InChI is InChI=1S/C21H29N3O3/c1-22-21(24-13-14-27-16-18-7-5-4-6-8-18)23-12-11-17-9-10-19(25-2)20(15-17)26-3/h4-10,15H,11-14,16H2,1-3H3,(H2,22,23,24). The van der Waals surface area contributed by atoms with Crippen molar-refractivity contribution in [2.24, 2.45) is 4.99 Å². The highest BCUT2D eigenvalue weighted by Crippen LogP contribution is 2.27. The molecular formula is C21H29N3O3. The van der Waals surface area contributed by atoms with Gasteiger partial charge in [0, 0.05) is 20.1 Å². The van der Waals surface area contributed by atoms with E-state index in [4.69, 9.17) is 14.2 Å². The molecule has 2 rings (SSSR count). The molecule has 0 aromatic heterocycles. The van der Waals surface area contributed by atoms with Crippen molar-refractivity contribution < 1.29 is 14.2 Å². The summed E-state index contributed by atoms with van der Waals surface area (Å²) in [7, 11) is 5.04. The van der Waals surface area contributed by atoms with Gasteiger partial charge in [0.2, 0.25) is 0 Å². The average molecular weight is 371 g/mol. The van der Waals surface area contributed by atoms with Crippen LogP contribution < -0.4 is 20.1 Å². The zero-order chi connectivity index (χ0) is 19.3. The summed E-state index contributed by atoms with van der Waals surface area (Å²) in [4.78, 5) is 4.23. The van der Waals surface area contributed by atoms with Crippen LogP contribution in [0.1, 0.15) is 11.1 Å². The molecule has 0 fully saturated rings. The number of methoxy groups -OCH3 is 2. The van der Waals surface area contributed by atoms with Crippen LogP contribution in [-0.4, -0.2) is 46.9 Å². The average Bonchev–Trinajstić information content (AvgIpc) is 2.72. The Balaban J connectivity index is 1.65. The van der Waals surface area contributed by atoms with Crippen LogP contribution in [0.15, 0.2) is 53.5 Å². The molecule has 0 bridgehead atoms. The first-order valence-electron chi connectivity index (χ1n) is 9.04. The van der Waals surface area contributed by atoms with Crippen LogP contribution in [0.4, 0.5) is 0 Å². The third-order valence-corrected chi connectivity index (χ3v) is 4.03. The molecule has 0 radical (unpaired) electrons. The minimum Gasteiger partial charge on any atom is -0.493 e. The number of nitrogens with one attached hydrogen (secondary N) is 2. The SMILES string of the molecule is CN=C(NCCOCc1ccccc1)NCCc1ccc(OC)c(OC)c1. The first-order valence-corrected chi connectivity index (χ1v) is 9.04. The van der Waals surface area contributed by atoms with E-state index in [0.717, 1.165) is 30.4 Å². The lowest BCUT2D eigenvalue weighted by atomic mass is 10.1. The minimum absolute atomic E-state index is 0.616. The molecule has 0 aliphatic heterocycles. The summed E-state index contributed by atoms with van der Waals surface area (Å²) in [5.41, 5.74) is 2.34. The number of nitrogens with zero attached hydrogens (tertiary/aromatic N) is 1. The van der Waals surface area contributed by atoms with Crippen LogP contribution in [-0.2, 0) is 17.8 Å². The largest absolute Gasteiger partial charge is 0.493 e. The van der Waals surface area contributed by atoms with Gasteiger partial charge in [0.25, 0.3) is 0 Å². The fourth-order valence-electron chi connectivity index (χ4n) is 2.59. The van der Waals surface area contributed by atoms with Crippen molar-refractivity contribution in [2.75, 3.05) is 41.0 Å². The number of ether oxygens (including phenoxy) is 3. The predicted molar refractivity (Wildman–Crippen MR) is 109 cm³/mol. The molecule has 2 N–H and O–H groups in total. The third-order valence-electron chi connectivity index (χ3n) is 4.03. The number of rotatable bonds is 10. The van der Waals surface area contributed by atoms with Gasteiger partial charge in [-0.25, -0.2) is 0 Å². The molecule has 0 atom stereocenters. The van der Waals surface area contributed by atoms with Crippen molar-refractivity contribution in [1.82, 2.24) is 10.6 Å². The van der Waals surface area contributed by atoms with Gasteiger partial charge in [0.1, 0.15) is 0 Å². The second-order valence-corrected chi connectivity index (χ2v) is 5.90. The van der Waals surface area contributed by atoms with Crippen LogP contribution >= 0.6 is 0 Å². The Bertz CT molecular complexity index is 705. The van der Waals surface area contributed by atoms with E-state index >= 15 is 0 Å². The van der Waals surface area contributed by atoms with Gasteiger partial charge in [0.05, 0.1) is 27.4 Å². The summed E-state index contributed by atoms with van der Waals surface area (Å²) in [6.45, 7) is 2.70. The Kier molecular flexibility index (Phi) is 9.00. The highest BCUT2D eigenvalue weighted by atomic mass is 16.5. The number of aliphatic imine (C=N–C) groups is 1. The molecular weight excluding hydrogens is 342 g/mol. The molecule has 6 heteroatoms.